The topological polar surface area (TPSA) is 117 Å². The van der Waals surface area contributed by atoms with Crippen molar-refractivity contribution >= 4 is 33.8 Å². The van der Waals surface area contributed by atoms with Crippen molar-refractivity contribution in [3.63, 3.8) is 0 Å². The Hall–Kier alpha value is -3.76. The first-order chi connectivity index (χ1) is 13.4. The number of nitrogens with one attached hydrogen (secondary N) is 1. The first-order valence-corrected chi connectivity index (χ1v) is 8.62. The molecule has 0 unspecified atom stereocenters. The van der Waals surface area contributed by atoms with Gasteiger partial charge in [0.15, 0.2) is 0 Å². The van der Waals surface area contributed by atoms with Gasteiger partial charge in [-0.15, -0.1) is 5.11 Å². The molecule has 3 rings (SSSR count). The van der Waals surface area contributed by atoms with Crippen LogP contribution < -0.4 is 11.5 Å². The quantitative estimate of drug-likeness (QED) is 0.282. The van der Waals surface area contributed by atoms with Crippen LogP contribution in [0.25, 0.3) is 10.8 Å². The van der Waals surface area contributed by atoms with Gasteiger partial charge in [-0.25, -0.2) is 4.98 Å². The smallest absolute Gasteiger partial charge is 0.123 e. The highest BCUT2D eigenvalue weighted by molar-refractivity contribution is 5.96. The number of hydrogen-bond donors (Lipinski definition) is 3. The molecule has 140 valence electrons. The average molecular weight is 371 g/mol. The normalized spacial score (nSPS) is 11.0. The molecule has 0 spiro atoms. The summed E-state index contributed by atoms with van der Waals surface area (Å²) in [5.74, 6) is 6.72. The van der Waals surface area contributed by atoms with Crippen LogP contribution in [0, 0.1) is 17.3 Å². The molecule has 0 radical (unpaired) electrons. The van der Waals surface area contributed by atoms with Crippen LogP contribution in [0.15, 0.2) is 58.9 Å². The number of benzene rings is 2. The van der Waals surface area contributed by atoms with Crippen LogP contribution in [0.1, 0.15) is 11.1 Å². The molecule has 0 bridgehead atoms. The van der Waals surface area contributed by atoms with E-state index in [0.29, 0.717) is 29.3 Å². The van der Waals surface area contributed by atoms with Crippen LogP contribution in [-0.4, -0.2) is 36.4 Å². The molecular formula is C21H21N7. The Balaban J connectivity index is 2.06. The molecule has 7 nitrogen and oxygen atoms in total. The van der Waals surface area contributed by atoms with Crippen molar-refractivity contribution in [3.05, 3.63) is 59.8 Å². The number of nitrogens with two attached hydrogens (primary N) is 2. The Bertz CT molecular complexity index is 1100. The number of nitrogen functional groups attached to an aromatic ring is 2. The molecular weight excluding hydrogens is 350 g/mol. The van der Waals surface area contributed by atoms with Gasteiger partial charge < -0.3 is 11.5 Å². The van der Waals surface area contributed by atoms with Gasteiger partial charge in [-0.1, -0.05) is 17.9 Å². The molecule has 0 aliphatic rings. The van der Waals surface area contributed by atoms with E-state index < -0.39 is 0 Å². The van der Waals surface area contributed by atoms with Gasteiger partial charge >= 0.3 is 0 Å². The summed E-state index contributed by atoms with van der Waals surface area (Å²) in [5.41, 5.74) is 14.1. The third-order valence-corrected chi connectivity index (χ3v) is 3.96. The minimum Gasteiger partial charge on any atom is -0.384 e. The Morgan fingerprint density at radius 1 is 1.14 bits per heavy atom. The molecule has 0 saturated carbocycles. The van der Waals surface area contributed by atoms with E-state index in [1.807, 2.05) is 31.1 Å². The number of pyridine rings is 1. The minimum atomic E-state index is 0.0129. The Labute approximate surface area is 163 Å². The summed E-state index contributed by atoms with van der Waals surface area (Å²) in [7, 11) is 3.93. The lowest BCUT2D eigenvalue weighted by atomic mass is 10.1. The van der Waals surface area contributed by atoms with E-state index in [1.165, 1.54) is 0 Å². The summed E-state index contributed by atoms with van der Waals surface area (Å²) in [6, 6.07) is 12.6. The number of aromatic nitrogens is 1. The maximum Gasteiger partial charge on any atom is 0.123 e. The van der Waals surface area contributed by atoms with Crippen LogP contribution in [0.4, 0.5) is 17.2 Å². The predicted molar refractivity (Wildman–Crippen MR) is 113 cm³/mol. The maximum absolute atomic E-state index is 7.46. The van der Waals surface area contributed by atoms with Crippen molar-refractivity contribution in [1.29, 1.82) is 5.41 Å². The van der Waals surface area contributed by atoms with E-state index in [1.54, 1.807) is 36.5 Å². The molecule has 7 heteroatoms. The summed E-state index contributed by atoms with van der Waals surface area (Å²) in [5, 5.41) is 18.0. The van der Waals surface area contributed by atoms with Gasteiger partial charge in [0.05, 0.1) is 17.8 Å². The molecule has 0 aliphatic heterocycles. The molecule has 0 atom stereocenters. The first-order valence-electron chi connectivity index (χ1n) is 8.62. The highest BCUT2D eigenvalue weighted by atomic mass is 15.1. The van der Waals surface area contributed by atoms with Crippen molar-refractivity contribution < 1.29 is 0 Å². The maximum atomic E-state index is 7.46. The lowest BCUT2D eigenvalue weighted by Crippen LogP contribution is -2.10. The molecule has 1 aromatic heterocycles. The van der Waals surface area contributed by atoms with Crippen LogP contribution >= 0.6 is 0 Å². The van der Waals surface area contributed by atoms with E-state index in [0.717, 1.165) is 16.3 Å². The van der Waals surface area contributed by atoms with Gasteiger partial charge in [-0.2, -0.15) is 5.11 Å². The highest BCUT2D eigenvalue weighted by Gasteiger charge is 2.07. The van der Waals surface area contributed by atoms with E-state index in [-0.39, 0.29) is 5.84 Å². The van der Waals surface area contributed by atoms with Crippen LogP contribution in [0.5, 0.6) is 0 Å². The summed E-state index contributed by atoms with van der Waals surface area (Å²) in [6.07, 6.45) is 1.71. The Kier molecular flexibility index (Phi) is 5.63. The van der Waals surface area contributed by atoms with E-state index in [4.69, 9.17) is 16.9 Å². The fraction of sp³-hybridized carbons (Fsp3) is 0.143. The fourth-order valence-electron chi connectivity index (χ4n) is 2.53. The number of anilines is 1. The Morgan fingerprint density at radius 2 is 1.89 bits per heavy atom. The fourth-order valence-corrected chi connectivity index (χ4v) is 2.53. The van der Waals surface area contributed by atoms with E-state index in [9.17, 15) is 0 Å². The SMILES string of the molecule is CN(C)CC#Cc1ccc2cnc(N)cc2c1N=Nc1ccc(C(=N)N)cc1. The van der Waals surface area contributed by atoms with Crippen LogP contribution in [-0.2, 0) is 0 Å². The molecule has 0 aliphatic carbocycles. The molecule has 3 aromatic rings. The van der Waals surface area contributed by atoms with Crippen molar-refractivity contribution in [2.75, 3.05) is 26.4 Å². The number of fused-ring (bicyclic) bond motifs is 1. The third-order valence-electron chi connectivity index (χ3n) is 3.96. The number of azo groups is 1. The second-order valence-corrected chi connectivity index (χ2v) is 6.49. The lowest BCUT2D eigenvalue weighted by molar-refractivity contribution is 0.464. The minimum absolute atomic E-state index is 0.0129. The van der Waals surface area contributed by atoms with Gasteiger partial charge in [-0.05, 0) is 50.5 Å². The van der Waals surface area contributed by atoms with Crippen LogP contribution in [0.3, 0.4) is 0 Å². The molecule has 0 saturated heterocycles. The predicted octanol–water partition coefficient (Wildman–Crippen LogP) is 3.43. The molecule has 0 fully saturated rings. The lowest BCUT2D eigenvalue weighted by Gasteiger charge is -2.06. The number of hydrogen-bond acceptors (Lipinski definition) is 6. The Morgan fingerprint density at radius 3 is 2.57 bits per heavy atom. The number of nitrogens with zero attached hydrogens (tertiary/aromatic N) is 4. The van der Waals surface area contributed by atoms with Crippen molar-refractivity contribution in [2.45, 2.75) is 0 Å². The van der Waals surface area contributed by atoms with Crippen molar-refractivity contribution in [2.24, 2.45) is 16.0 Å². The van der Waals surface area contributed by atoms with Gasteiger partial charge in [0.25, 0.3) is 0 Å². The zero-order chi connectivity index (χ0) is 20.1. The largest absolute Gasteiger partial charge is 0.384 e. The highest BCUT2D eigenvalue weighted by Crippen LogP contribution is 2.32. The summed E-state index contributed by atoms with van der Waals surface area (Å²) in [6.45, 7) is 0.639. The summed E-state index contributed by atoms with van der Waals surface area (Å²) >= 11 is 0. The second kappa shape index (κ2) is 8.29. The average Bonchev–Trinajstić information content (AvgIpc) is 2.67. The zero-order valence-corrected chi connectivity index (χ0v) is 15.8. The van der Waals surface area contributed by atoms with E-state index in [2.05, 4.69) is 27.1 Å². The van der Waals surface area contributed by atoms with Gasteiger partial charge in [-0.3, -0.25) is 10.3 Å². The molecule has 2 aromatic carbocycles. The van der Waals surface area contributed by atoms with Crippen LogP contribution in [0.2, 0.25) is 0 Å². The monoisotopic (exact) mass is 371 g/mol. The van der Waals surface area contributed by atoms with Gasteiger partial charge in [0.2, 0.25) is 0 Å². The van der Waals surface area contributed by atoms with Gasteiger partial charge in [0, 0.05) is 22.5 Å². The van der Waals surface area contributed by atoms with E-state index >= 15 is 0 Å². The second-order valence-electron chi connectivity index (χ2n) is 6.49. The number of amidine groups is 1. The number of rotatable bonds is 4. The molecule has 5 N–H and O–H groups in total. The molecule has 28 heavy (non-hydrogen) atoms. The summed E-state index contributed by atoms with van der Waals surface area (Å²) < 4.78 is 0. The van der Waals surface area contributed by atoms with Crippen molar-refractivity contribution in [1.82, 2.24) is 9.88 Å². The van der Waals surface area contributed by atoms with Crippen molar-refractivity contribution in [3.8, 4) is 11.8 Å². The zero-order valence-electron chi connectivity index (χ0n) is 15.8. The molecule has 0 amide bonds. The van der Waals surface area contributed by atoms with Gasteiger partial charge in [0.1, 0.15) is 17.3 Å². The first kappa shape index (κ1) is 19.0. The standard InChI is InChI=1S/C21H21N7/c1-28(2)11-3-4-14-5-6-16-13-25-19(22)12-18(16)20(14)27-26-17-9-7-15(8-10-17)21(23)24/h5-10,12-13H,11H2,1-2H3,(H2,22,25)(H3,23,24). The third kappa shape index (κ3) is 4.50. The summed E-state index contributed by atoms with van der Waals surface area (Å²) in [4.78, 5) is 6.13. The molecule has 1 heterocycles.